The van der Waals surface area contributed by atoms with Crippen LogP contribution in [0.4, 0.5) is 0 Å². The number of ether oxygens (including phenoxy) is 1. The highest BCUT2D eigenvalue weighted by atomic mass is 35.5. The molecule has 0 aliphatic heterocycles. The molecule has 15 heavy (non-hydrogen) atoms. The lowest BCUT2D eigenvalue weighted by Crippen LogP contribution is -2.26. The van der Waals surface area contributed by atoms with E-state index in [4.69, 9.17) is 16.3 Å². The Kier molecular flexibility index (Phi) is 5.69. The highest BCUT2D eigenvalue weighted by Gasteiger charge is 2.03. The van der Waals surface area contributed by atoms with Crippen LogP contribution in [0.25, 0.3) is 0 Å². The third-order valence-corrected chi connectivity index (χ3v) is 2.53. The minimum absolute atomic E-state index is 0.209. The van der Waals surface area contributed by atoms with Crippen LogP contribution >= 0.6 is 11.6 Å². The standard InChI is InChI=1S/C12H18ClNO/c1-3-14-8-10(2)15-9-11-6-4-5-7-12(11)13/h4-7,10,14H,3,8-9H2,1-2H3. The maximum Gasteiger partial charge on any atom is 0.0735 e. The van der Waals surface area contributed by atoms with Crippen molar-refractivity contribution in [1.82, 2.24) is 5.32 Å². The van der Waals surface area contributed by atoms with E-state index in [1.807, 2.05) is 24.3 Å². The van der Waals surface area contributed by atoms with Crippen molar-refractivity contribution in [2.24, 2.45) is 0 Å². The first-order valence-electron chi connectivity index (χ1n) is 5.29. The lowest BCUT2D eigenvalue weighted by molar-refractivity contribution is 0.0536. The van der Waals surface area contributed by atoms with E-state index in [1.54, 1.807) is 0 Å². The van der Waals surface area contributed by atoms with E-state index in [0.29, 0.717) is 6.61 Å². The first kappa shape index (κ1) is 12.5. The molecule has 1 aromatic carbocycles. The highest BCUT2D eigenvalue weighted by Crippen LogP contribution is 2.16. The Labute approximate surface area is 96.6 Å². The molecule has 2 nitrogen and oxygen atoms in total. The molecule has 1 atom stereocenters. The van der Waals surface area contributed by atoms with Gasteiger partial charge in [-0.1, -0.05) is 36.7 Å². The maximum atomic E-state index is 6.02. The smallest absolute Gasteiger partial charge is 0.0735 e. The molecule has 0 saturated carbocycles. The van der Waals surface area contributed by atoms with Crippen LogP contribution < -0.4 is 5.32 Å². The van der Waals surface area contributed by atoms with Crippen molar-refractivity contribution in [2.75, 3.05) is 13.1 Å². The SMILES string of the molecule is CCNCC(C)OCc1ccccc1Cl. The van der Waals surface area contributed by atoms with Crippen molar-refractivity contribution in [1.29, 1.82) is 0 Å². The molecule has 0 bridgehead atoms. The Morgan fingerprint density at radius 2 is 2.13 bits per heavy atom. The van der Waals surface area contributed by atoms with Gasteiger partial charge in [0.2, 0.25) is 0 Å². The number of hydrogen-bond acceptors (Lipinski definition) is 2. The zero-order valence-corrected chi connectivity index (χ0v) is 10.1. The molecule has 1 aromatic rings. The average Bonchev–Trinajstić information content (AvgIpc) is 2.25. The van der Waals surface area contributed by atoms with Crippen LogP contribution in [0, 0.1) is 0 Å². The molecule has 3 heteroatoms. The molecular weight excluding hydrogens is 210 g/mol. The van der Waals surface area contributed by atoms with Gasteiger partial charge in [-0.3, -0.25) is 0 Å². The van der Waals surface area contributed by atoms with Gasteiger partial charge in [0.05, 0.1) is 12.7 Å². The van der Waals surface area contributed by atoms with Crippen molar-refractivity contribution in [3.05, 3.63) is 34.9 Å². The Balaban J connectivity index is 2.33. The summed E-state index contributed by atoms with van der Waals surface area (Å²) in [6.07, 6.45) is 0.209. The van der Waals surface area contributed by atoms with Gasteiger partial charge in [-0.2, -0.15) is 0 Å². The van der Waals surface area contributed by atoms with E-state index >= 15 is 0 Å². The van der Waals surface area contributed by atoms with Crippen LogP contribution in [0.2, 0.25) is 5.02 Å². The number of likely N-dealkylation sites (N-methyl/N-ethyl adjacent to an activating group) is 1. The average molecular weight is 228 g/mol. The van der Waals surface area contributed by atoms with Gasteiger partial charge in [-0.05, 0) is 25.1 Å². The Hall–Kier alpha value is -0.570. The molecule has 0 aliphatic rings. The van der Waals surface area contributed by atoms with Crippen molar-refractivity contribution >= 4 is 11.6 Å². The number of nitrogens with one attached hydrogen (secondary N) is 1. The van der Waals surface area contributed by atoms with Gasteiger partial charge in [-0.15, -0.1) is 0 Å². The second-order valence-corrected chi connectivity index (χ2v) is 3.93. The summed E-state index contributed by atoms with van der Waals surface area (Å²) in [6, 6.07) is 7.77. The van der Waals surface area contributed by atoms with E-state index < -0.39 is 0 Å². The minimum atomic E-state index is 0.209. The quantitative estimate of drug-likeness (QED) is 0.807. The summed E-state index contributed by atoms with van der Waals surface area (Å²) in [5, 5.41) is 4.01. The van der Waals surface area contributed by atoms with E-state index in [-0.39, 0.29) is 6.10 Å². The Morgan fingerprint density at radius 3 is 2.80 bits per heavy atom. The summed E-state index contributed by atoms with van der Waals surface area (Å²) >= 11 is 6.02. The van der Waals surface area contributed by atoms with E-state index in [9.17, 15) is 0 Å². The van der Waals surface area contributed by atoms with Crippen LogP contribution in [0.1, 0.15) is 19.4 Å². The summed E-state index contributed by atoms with van der Waals surface area (Å²) < 4.78 is 5.66. The van der Waals surface area contributed by atoms with Crippen molar-refractivity contribution in [3.8, 4) is 0 Å². The molecule has 0 spiro atoms. The van der Waals surface area contributed by atoms with E-state index in [2.05, 4.69) is 19.2 Å². The van der Waals surface area contributed by atoms with Crippen LogP contribution in [0.5, 0.6) is 0 Å². The second-order valence-electron chi connectivity index (χ2n) is 3.52. The fraction of sp³-hybridized carbons (Fsp3) is 0.500. The van der Waals surface area contributed by atoms with Gasteiger partial charge in [0.1, 0.15) is 0 Å². The first-order chi connectivity index (χ1) is 7.24. The lowest BCUT2D eigenvalue weighted by atomic mass is 10.2. The van der Waals surface area contributed by atoms with Gasteiger partial charge in [0.25, 0.3) is 0 Å². The number of rotatable bonds is 6. The molecule has 1 N–H and O–H groups in total. The summed E-state index contributed by atoms with van der Waals surface area (Å²) in [5.74, 6) is 0. The third kappa shape index (κ3) is 4.65. The molecule has 84 valence electrons. The molecule has 0 heterocycles. The summed E-state index contributed by atoms with van der Waals surface area (Å²) in [4.78, 5) is 0. The molecule has 0 amide bonds. The van der Waals surface area contributed by atoms with Gasteiger partial charge < -0.3 is 10.1 Å². The lowest BCUT2D eigenvalue weighted by Gasteiger charge is -2.13. The van der Waals surface area contributed by atoms with Gasteiger partial charge in [0, 0.05) is 11.6 Å². The van der Waals surface area contributed by atoms with Crippen LogP contribution in [0.15, 0.2) is 24.3 Å². The van der Waals surface area contributed by atoms with Gasteiger partial charge in [0.15, 0.2) is 0 Å². The summed E-state index contributed by atoms with van der Waals surface area (Å²) in [5.41, 5.74) is 1.04. The fourth-order valence-electron chi connectivity index (χ4n) is 1.25. The molecule has 0 aliphatic carbocycles. The summed E-state index contributed by atoms with van der Waals surface area (Å²) in [6.45, 7) is 6.56. The molecule has 0 aromatic heterocycles. The molecule has 0 radical (unpaired) electrons. The third-order valence-electron chi connectivity index (χ3n) is 2.16. The van der Waals surface area contributed by atoms with Gasteiger partial charge in [-0.25, -0.2) is 0 Å². The minimum Gasteiger partial charge on any atom is -0.372 e. The molecular formula is C12H18ClNO. The largest absolute Gasteiger partial charge is 0.372 e. The zero-order valence-electron chi connectivity index (χ0n) is 9.29. The Morgan fingerprint density at radius 1 is 1.40 bits per heavy atom. The van der Waals surface area contributed by atoms with E-state index in [1.165, 1.54) is 0 Å². The first-order valence-corrected chi connectivity index (χ1v) is 5.67. The highest BCUT2D eigenvalue weighted by molar-refractivity contribution is 6.31. The molecule has 0 fully saturated rings. The second kappa shape index (κ2) is 6.83. The maximum absolute atomic E-state index is 6.02. The molecule has 1 rings (SSSR count). The van der Waals surface area contributed by atoms with Crippen molar-refractivity contribution < 1.29 is 4.74 Å². The Bertz CT molecular complexity index is 291. The zero-order chi connectivity index (χ0) is 11.1. The topological polar surface area (TPSA) is 21.3 Å². The van der Waals surface area contributed by atoms with Gasteiger partial charge >= 0.3 is 0 Å². The van der Waals surface area contributed by atoms with Crippen LogP contribution in [-0.4, -0.2) is 19.2 Å². The van der Waals surface area contributed by atoms with Crippen molar-refractivity contribution in [2.45, 2.75) is 26.6 Å². The fourth-order valence-corrected chi connectivity index (χ4v) is 1.44. The van der Waals surface area contributed by atoms with Crippen LogP contribution in [-0.2, 0) is 11.3 Å². The normalized spacial score (nSPS) is 12.7. The monoisotopic (exact) mass is 227 g/mol. The number of halogens is 1. The molecule has 0 saturated heterocycles. The number of benzene rings is 1. The van der Waals surface area contributed by atoms with E-state index in [0.717, 1.165) is 23.7 Å². The van der Waals surface area contributed by atoms with Crippen LogP contribution in [0.3, 0.4) is 0 Å². The predicted molar refractivity (Wildman–Crippen MR) is 64.2 cm³/mol. The molecule has 1 unspecified atom stereocenters. The summed E-state index contributed by atoms with van der Waals surface area (Å²) in [7, 11) is 0. The van der Waals surface area contributed by atoms with Crippen molar-refractivity contribution in [3.63, 3.8) is 0 Å². The number of hydrogen-bond donors (Lipinski definition) is 1. The predicted octanol–water partition coefficient (Wildman–Crippen LogP) is 2.85.